The van der Waals surface area contributed by atoms with Crippen LogP contribution in [0.1, 0.15) is 89.1 Å². The van der Waals surface area contributed by atoms with Gasteiger partial charge in [-0.05, 0) is 47.9 Å². The van der Waals surface area contributed by atoms with Crippen LogP contribution in [0.15, 0.2) is 35.3 Å². The normalized spacial score (nSPS) is 17.2. The number of thiazole rings is 1. The molecule has 5 nitrogen and oxygen atoms in total. The van der Waals surface area contributed by atoms with Gasteiger partial charge in [0.2, 0.25) is 5.91 Å². The number of fused-ring (bicyclic) bond motifs is 2. The van der Waals surface area contributed by atoms with Gasteiger partial charge in [0.05, 0.1) is 22.2 Å². The predicted molar refractivity (Wildman–Crippen MR) is 133 cm³/mol. The summed E-state index contributed by atoms with van der Waals surface area (Å²) in [5.41, 5.74) is 5.25. The molecule has 1 amide bonds. The third-order valence-electron chi connectivity index (χ3n) is 6.54. The maximum atomic E-state index is 13.5. The summed E-state index contributed by atoms with van der Waals surface area (Å²) in [5, 5.41) is 0. The van der Waals surface area contributed by atoms with E-state index in [1.807, 2.05) is 22.5 Å². The van der Waals surface area contributed by atoms with Crippen LogP contribution in [0, 0.1) is 5.92 Å². The SMILES string of the molecule is CC(C)c1ccc2c(c1)C(C(C)C)C(=O)N2CC(C)n1c(=O)sc2cnc(C(C)C)cc21. The number of rotatable bonds is 6. The fraction of sp³-hybridized carbons (Fsp3) is 0.500. The van der Waals surface area contributed by atoms with Crippen molar-refractivity contribution in [3.63, 3.8) is 0 Å². The Morgan fingerprint density at radius 1 is 1.00 bits per heavy atom. The van der Waals surface area contributed by atoms with Crippen LogP contribution in [0.4, 0.5) is 5.69 Å². The lowest BCUT2D eigenvalue weighted by atomic mass is 9.87. The fourth-order valence-corrected chi connectivity index (χ4v) is 5.65. The Labute approximate surface area is 194 Å². The number of anilines is 1. The first-order chi connectivity index (χ1) is 15.1. The van der Waals surface area contributed by atoms with Crippen LogP contribution in [0.5, 0.6) is 0 Å². The molecule has 0 bridgehead atoms. The van der Waals surface area contributed by atoms with E-state index in [-0.39, 0.29) is 34.6 Å². The molecule has 1 aromatic carbocycles. The topological polar surface area (TPSA) is 55.2 Å². The number of carbonyl (C=O) groups excluding carboxylic acids is 1. The van der Waals surface area contributed by atoms with Crippen LogP contribution in [-0.2, 0) is 4.79 Å². The van der Waals surface area contributed by atoms with Gasteiger partial charge in [0.25, 0.3) is 0 Å². The van der Waals surface area contributed by atoms with E-state index in [1.54, 1.807) is 6.20 Å². The lowest BCUT2D eigenvalue weighted by molar-refractivity contribution is -0.120. The molecule has 0 saturated carbocycles. The Balaban J connectivity index is 1.73. The summed E-state index contributed by atoms with van der Waals surface area (Å²) in [4.78, 5) is 32.8. The molecule has 32 heavy (non-hydrogen) atoms. The second kappa shape index (κ2) is 8.47. The average molecular weight is 452 g/mol. The third kappa shape index (κ3) is 3.79. The molecule has 3 heterocycles. The van der Waals surface area contributed by atoms with Gasteiger partial charge in [-0.3, -0.25) is 19.1 Å². The molecule has 1 aliphatic rings. The number of nitrogens with zero attached hydrogens (tertiary/aromatic N) is 3. The third-order valence-corrected chi connectivity index (χ3v) is 7.45. The minimum atomic E-state index is -0.147. The number of hydrogen-bond acceptors (Lipinski definition) is 4. The van der Waals surface area contributed by atoms with E-state index in [0.29, 0.717) is 12.5 Å². The van der Waals surface area contributed by atoms with Crippen LogP contribution in [0.3, 0.4) is 0 Å². The summed E-state index contributed by atoms with van der Waals surface area (Å²) in [6.45, 7) is 15.3. The smallest absolute Gasteiger partial charge is 0.308 e. The molecule has 2 atom stereocenters. The van der Waals surface area contributed by atoms with Gasteiger partial charge in [0.1, 0.15) is 0 Å². The van der Waals surface area contributed by atoms with Crippen molar-refractivity contribution in [1.29, 1.82) is 0 Å². The van der Waals surface area contributed by atoms with Crippen molar-refractivity contribution >= 4 is 33.1 Å². The van der Waals surface area contributed by atoms with E-state index >= 15 is 0 Å². The molecule has 0 radical (unpaired) electrons. The van der Waals surface area contributed by atoms with Gasteiger partial charge in [-0.1, -0.05) is 65.0 Å². The molecule has 0 fully saturated rings. The molecule has 4 rings (SSSR count). The van der Waals surface area contributed by atoms with Crippen LogP contribution < -0.4 is 9.77 Å². The van der Waals surface area contributed by atoms with E-state index in [1.165, 1.54) is 16.9 Å². The summed E-state index contributed by atoms with van der Waals surface area (Å²) in [6, 6.07) is 8.31. The van der Waals surface area contributed by atoms with Crippen LogP contribution in [-0.4, -0.2) is 22.0 Å². The molecule has 170 valence electrons. The Kier molecular flexibility index (Phi) is 6.01. The predicted octanol–water partition coefficient (Wildman–Crippen LogP) is 6.05. The highest BCUT2D eigenvalue weighted by Crippen LogP contribution is 2.43. The Morgan fingerprint density at radius 2 is 1.72 bits per heavy atom. The molecule has 1 aliphatic heterocycles. The van der Waals surface area contributed by atoms with Gasteiger partial charge in [-0.2, -0.15) is 0 Å². The van der Waals surface area contributed by atoms with Gasteiger partial charge in [0, 0.05) is 24.1 Å². The number of amides is 1. The highest BCUT2D eigenvalue weighted by atomic mass is 32.1. The van der Waals surface area contributed by atoms with Crippen molar-refractivity contribution in [2.75, 3.05) is 11.4 Å². The molecule has 3 aromatic rings. The molecule has 0 saturated heterocycles. The number of carbonyl (C=O) groups is 1. The van der Waals surface area contributed by atoms with E-state index in [0.717, 1.165) is 27.2 Å². The molecule has 0 N–H and O–H groups in total. The molecule has 6 heteroatoms. The summed E-state index contributed by atoms with van der Waals surface area (Å²) in [5.74, 6) is 0.916. The second-order valence-electron chi connectivity index (χ2n) is 9.96. The molecule has 0 spiro atoms. The van der Waals surface area contributed by atoms with E-state index in [4.69, 9.17) is 0 Å². The summed E-state index contributed by atoms with van der Waals surface area (Å²) >= 11 is 1.22. The number of aromatic nitrogens is 2. The molecular weight excluding hydrogens is 418 g/mol. The first-order valence-electron chi connectivity index (χ1n) is 11.6. The van der Waals surface area contributed by atoms with Gasteiger partial charge in [0.15, 0.2) is 0 Å². The van der Waals surface area contributed by atoms with Crippen molar-refractivity contribution < 1.29 is 4.79 Å². The van der Waals surface area contributed by atoms with Crippen LogP contribution >= 0.6 is 11.3 Å². The van der Waals surface area contributed by atoms with Gasteiger partial charge < -0.3 is 4.90 Å². The summed E-state index contributed by atoms with van der Waals surface area (Å²) in [7, 11) is 0. The zero-order valence-corrected chi connectivity index (χ0v) is 20.9. The monoisotopic (exact) mass is 451 g/mol. The average Bonchev–Trinajstić information content (AvgIpc) is 3.19. The molecule has 0 aliphatic carbocycles. The minimum absolute atomic E-state index is 0.00218. The largest absolute Gasteiger partial charge is 0.310 e. The highest BCUT2D eigenvalue weighted by Gasteiger charge is 2.40. The van der Waals surface area contributed by atoms with Crippen LogP contribution in [0.2, 0.25) is 0 Å². The Hall–Kier alpha value is -2.47. The number of pyridine rings is 1. The van der Waals surface area contributed by atoms with Gasteiger partial charge in [-0.15, -0.1) is 0 Å². The van der Waals surface area contributed by atoms with E-state index in [2.05, 4.69) is 64.7 Å². The Morgan fingerprint density at radius 3 is 2.34 bits per heavy atom. The second-order valence-corrected chi connectivity index (χ2v) is 11.0. The molecule has 2 unspecified atom stereocenters. The summed E-state index contributed by atoms with van der Waals surface area (Å²) in [6.07, 6.45) is 1.80. The van der Waals surface area contributed by atoms with E-state index in [9.17, 15) is 9.59 Å². The van der Waals surface area contributed by atoms with Crippen molar-refractivity contribution in [2.24, 2.45) is 5.92 Å². The maximum absolute atomic E-state index is 13.5. The zero-order valence-electron chi connectivity index (χ0n) is 20.0. The highest BCUT2D eigenvalue weighted by molar-refractivity contribution is 7.16. The van der Waals surface area contributed by atoms with Crippen molar-refractivity contribution in [3.05, 3.63) is 57.0 Å². The van der Waals surface area contributed by atoms with Crippen LogP contribution in [0.25, 0.3) is 10.2 Å². The number of hydrogen-bond donors (Lipinski definition) is 0. The minimum Gasteiger partial charge on any atom is -0.310 e. The quantitative estimate of drug-likeness (QED) is 0.458. The fourth-order valence-electron chi connectivity index (χ4n) is 4.71. The Bertz CT molecular complexity index is 1220. The first kappa shape index (κ1) is 22.7. The molecule has 2 aromatic heterocycles. The summed E-state index contributed by atoms with van der Waals surface area (Å²) < 4.78 is 2.73. The standard InChI is InChI=1S/C26H33N3O2S/c1-14(2)18-8-9-21-19(10-18)24(16(5)6)25(30)28(21)13-17(7)29-22-11-20(15(3)4)27-12-23(22)32-26(29)31/h8-12,14-17,24H,13H2,1-7H3. The van der Waals surface area contributed by atoms with Crippen molar-refractivity contribution in [3.8, 4) is 0 Å². The van der Waals surface area contributed by atoms with Crippen molar-refractivity contribution in [1.82, 2.24) is 9.55 Å². The van der Waals surface area contributed by atoms with Gasteiger partial charge in [-0.25, -0.2) is 0 Å². The lowest BCUT2D eigenvalue weighted by Crippen LogP contribution is -2.36. The zero-order chi connectivity index (χ0) is 23.3. The lowest BCUT2D eigenvalue weighted by Gasteiger charge is -2.24. The first-order valence-corrected chi connectivity index (χ1v) is 12.4. The van der Waals surface area contributed by atoms with E-state index < -0.39 is 0 Å². The number of benzene rings is 1. The van der Waals surface area contributed by atoms with Gasteiger partial charge >= 0.3 is 4.87 Å². The van der Waals surface area contributed by atoms with Crippen molar-refractivity contribution in [2.45, 2.75) is 72.3 Å². The maximum Gasteiger partial charge on any atom is 0.308 e. The molecular formula is C26H33N3O2S.